The molecular formula is C17H29N3O3. The van der Waals surface area contributed by atoms with E-state index >= 15 is 0 Å². The van der Waals surface area contributed by atoms with Crippen LogP contribution in [0, 0.1) is 13.8 Å². The maximum Gasteiger partial charge on any atom is 0.224 e. The second kappa shape index (κ2) is 7.01. The zero-order chi connectivity index (χ0) is 17.2. The molecule has 2 rings (SSSR count). The number of carbonyl (C=O) groups is 1. The normalized spacial score (nSPS) is 23.0. The van der Waals surface area contributed by atoms with Crippen LogP contribution in [-0.4, -0.2) is 53.3 Å². The molecular weight excluding hydrogens is 294 g/mol. The fourth-order valence-corrected chi connectivity index (χ4v) is 3.08. The molecule has 1 aromatic rings. The minimum absolute atomic E-state index is 0.00170. The summed E-state index contributed by atoms with van der Waals surface area (Å²) in [5, 5.41) is 6.94. The third-order valence-electron chi connectivity index (χ3n) is 4.51. The predicted octanol–water partition coefficient (Wildman–Crippen LogP) is 1.84. The lowest BCUT2D eigenvalue weighted by Crippen LogP contribution is -2.58. The first kappa shape index (κ1) is 17.9. The van der Waals surface area contributed by atoms with Gasteiger partial charge in [-0.15, -0.1) is 0 Å². The number of nitrogens with zero attached hydrogens (tertiary/aromatic N) is 2. The van der Waals surface area contributed by atoms with Crippen LogP contribution in [0.4, 0.5) is 0 Å². The first-order valence-electron chi connectivity index (χ1n) is 8.28. The number of amides is 1. The summed E-state index contributed by atoms with van der Waals surface area (Å²) in [6.07, 6.45) is 0.750. The quantitative estimate of drug-likeness (QED) is 0.895. The lowest BCUT2D eigenvalue weighted by molar-refractivity contribution is -0.122. The predicted molar refractivity (Wildman–Crippen MR) is 88.4 cm³/mol. The van der Waals surface area contributed by atoms with Gasteiger partial charge in [0.05, 0.1) is 24.3 Å². The molecule has 6 heteroatoms. The molecule has 2 heterocycles. The molecule has 23 heavy (non-hydrogen) atoms. The van der Waals surface area contributed by atoms with E-state index in [1.807, 2.05) is 13.8 Å². The second-order valence-corrected chi connectivity index (χ2v) is 7.23. The number of aryl methyl sites for hydroxylation is 2. The average Bonchev–Trinajstić information content (AvgIpc) is 2.76. The smallest absolute Gasteiger partial charge is 0.224 e. The lowest BCUT2D eigenvalue weighted by Gasteiger charge is -2.45. The van der Waals surface area contributed by atoms with Crippen LogP contribution in [0.15, 0.2) is 4.52 Å². The van der Waals surface area contributed by atoms with E-state index in [0.29, 0.717) is 18.7 Å². The SMILES string of the molecule is Cc1noc(C)c1CC(=O)NCC(C)(C)N1C[C@H](C)O[C@@H](C)C1. The van der Waals surface area contributed by atoms with Crippen molar-refractivity contribution in [2.45, 2.75) is 65.7 Å². The van der Waals surface area contributed by atoms with Crippen molar-refractivity contribution >= 4 is 5.91 Å². The monoisotopic (exact) mass is 323 g/mol. The number of rotatable bonds is 5. The fourth-order valence-electron chi connectivity index (χ4n) is 3.08. The molecule has 1 aromatic heterocycles. The van der Waals surface area contributed by atoms with E-state index in [9.17, 15) is 4.79 Å². The van der Waals surface area contributed by atoms with Gasteiger partial charge in [0.15, 0.2) is 0 Å². The van der Waals surface area contributed by atoms with Gasteiger partial charge in [-0.25, -0.2) is 0 Å². The Morgan fingerprint density at radius 1 is 1.30 bits per heavy atom. The summed E-state index contributed by atoms with van der Waals surface area (Å²) in [7, 11) is 0. The first-order valence-corrected chi connectivity index (χ1v) is 8.28. The number of ether oxygens (including phenoxy) is 1. The highest BCUT2D eigenvalue weighted by Gasteiger charge is 2.33. The Hall–Kier alpha value is -1.40. The third-order valence-corrected chi connectivity index (χ3v) is 4.51. The van der Waals surface area contributed by atoms with Gasteiger partial charge in [-0.1, -0.05) is 5.16 Å². The molecule has 6 nitrogen and oxygen atoms in total. The minimum Gasteiger partial charge on any atom is -0.373 e. The van der Waals surface area contributed by atoms with Crippen molar-refractivity contribution in [3.63, 3.8) is 0 Å². The topological polar surface area (TPSA) is 67.6 Å². The van der Waals surface area contributed by atoms with Crippen LogP contribution in [-0.2, 0) is 16.0 Å². The Morgan fingerprint density at radius 2 is 1.91 bits per heavy atom. The molecule has 0 spiro atoms. The van der Waals surface area contributed by atoms with Crippen LogP contribution in [0.5, 0.6) is 0 Å². The van der Waals surface area contributed by atoms with Crippen molar-refractivity contribution in [2.75, 3.05) is 19.6 Å². The molecule has 0 aliphatic carbocycles. The van der Waals surface area contributed by atoms with E-state index in [1.54, 1.807) is 0 Å². The molecule has 1 aliphatic rings. The highest BCUT2D eigenvalue weighted by atomic mass is 16.5. The summed E-state index contributed by atoms with van der Waals surface area (Å²) in [6, 6.07) is 0. The van der Waals surface area contributed by atoms with Gasteiger partial charge in [0.2, 0.25) is 5.91 Å². The third kappa shape index (κ3) is 4.54. The van der Waals surface area contributed by atoms with E-state index < -0.39 is 0 Å². The van der Waals surface area contributed by atoms with Gasteiger partial charge < -0.3 is 14.6 Å². The van der Waals surface area contributed by atoms with Crippen LogP contribution in [0.2, 0.25) is 0 Å². The van der Waals surface area contributed by atoms with E-state index in [0.717, 1.165) is 24.3 Å². The second-order valence-electron chi connectivity index (χ2n) is 7.23. The molecule has 0 radical (unpaired) electrons. The summed E-state index contributed by atoms with van der Waals surface area (Å²) >= 11 is 0. The van der Waals surface area contributed by atoms with E-state index in [-0.39, 0.29) is 23.7 Å². The lowest BCUT2D eigenvalue weighted by atomic mass is 10.00. The number of carbonyl (C=O) groups excluding carboxylic acids is 1. The van der Waals surface area contributed by atoms with Crippen molar-refractivity contribution in [2.24, 2.45) is 0 Å². The fraction of sp³-hybridized carbons (Fsp3) is 0.765. The molecule has 0 bridgehead atoms. The Balaban J connectivity index is 1.89. The number of morpholine rings is 1. The molecule has 1 N–H and O–H groups in total. The molecule has 130 valence electrons. The number of aromatic nitrogens is 1. The van der Waals surface area contributed by atoms with Crippen molar-refractivity contribution in [3.05, 3.63) is 17.0 Å². The minimum atomic E-state index is -0.110. The van der Waals surface area contributed by atoms with Gasteiger partial charge in [0.25, 0.3) is 0 Å². The standard InChI is InChI=1S/C17H29N3O3/c1-11-8-20(9-12(2)22-11)17(5,6)10-18-16(21)7-15-13(3)19-23-14(15)4/h11-12H,7-10H2,1-6H3,(H,18,21)/t11-,12-/m0/s1. The number of hydrogen-bond acceptors (Lipinski definition) is 5. The van der Waals surface area contributed by atoms with Gasteiger partial charge >= 0.3 is 0 Å². The Bertz CT molecular complexity index is 524. The Labute approximate surface area is 138 Å². The molecule has 2 atom stereocenters. The highest BCUT2D eigenvalue weighted by Crippen LogP contribution is 2.21. The van der Waals surface area contributed by atoms with Crippen LogP contribution in [0.3, 0.4) is 0 Å². The first-order chi connectivity index (χ1) is 10.7. The van der Waals surface area contributed by atoms with E-state index in [4.69, 9.17) is 9.26 Å². The average molecular weight is 323 g/mol. The van der Waals surface area contributed by atoms with Crippen molar-refractivity contribution in [1.82, 2.24) is 15.4 Å². The van der Waals surface area contributed by atoms with E-state index in [2.05, 4.69) is 43.1 Å². The van der Waals surface area contributed by atoms with Gasteiger partial charge in [-0.05, 0) is 41.5 Å². The molecule has 1 fully saturated rings. The summed E-state index contributed by atoms with van der Waals surface area (Å²) in [4.78, 5) is 14.6. The van der Waals surface area contributed by atoms with Crippen LogP contribution >= 0.6 is 0 Å². The Kier molecular flexibility index (Phi) is 5.47. The molecule has 0 saturated carbocycles. The molecule has 1 amide bonds. The van der Waals surface area contributed by atoms with Crippen molar-refractivity contribution in [3.8, 4) is 0 Å². The zero-order valence-electron chi connectivity index (χ0n) is 15.1. The number of hydrogen-bond donors (Lipinski definition) is 1. The van der Waals surface area contributed by atoms with Crippen LogP contribution in [0.25, 0.3) is 0 Å². The van der Waals surface area contributed by atoms with Gasteiger partial charge in [-0.2, -0.15) is 0 Å². The summed E-state index contributed by atoms with van der Waals surface area (Å²) in [5.41, 5.74) is 1.56. The van der Waals surface area contributed by atoms with Crippen molar-refractivity contribution < 1.29 is 14.1 Å². The van der Waals surface area contributed by atoms with Crippen LogP contribution < -0.4 is 5.32 Å². The van der Waals surface area contributed by atoms with Gasteiger partial charge in [0, 0.05) is 30.7 Å². The van der Waals surface area contributed by atoms with E-state index in [1.165, 1.54) is 0 Å². The number of nitrogens with one attached hydrogen (secondary N) is 1. The molecule has 1 saturated heterocycles. The zero-order valence-corrected chi connectivity index (χ0v) is 15.1. The maximum absolute atomic E-state index is 12.2. The van der Waals surface area contributed by atoms with Crippen LogP contribution in [0.1, 0.15) is 44.7 Å². The van der Waals surface area contributed by atoms with Crippen molar-refractivity contribution in [1.29, 1.82) is 0 Å². The largest absolute Gasteiger partial charge is 0.373 e. The van der Waals surface area contributed by atoms with Gasteiger partial charge in [-0.3, -0.25) is 9.69 Å². The summed E-state index contributed by atoms with van der Waals surface area (Å²) in [5.74, 6) is 0.717. The van der Waals surface area contributed by atoms with Gasteiger partial charge in [0.1, 0.15) is 5.76 Å². The molecule has 0 aromatic carbocycles. The Morgan fingerprint density at radius 3 is 2.43 bits per heavy atom. The molecule has 0 unspecified atom stereocenters. The summed E-state index contributed by atoms with van der Waals surface area (Å²) in [6.45, 7) is 14.6. The highest BCUT2D eigenvalue weighted by molar-refractivity contribution is 5.79. The summed E-state index contributed by atoms with van der Waals surface area (Å²) < 4.78 is 10.9. The molecule has 1 aliphatic heterocycles. The maximum atomic E-state index is 12.2.